The third-order valence-corrected chi connectivity index (χ3v) is 5.50. The summed E-state index contributed by atoms with van der Waals surface area (Å²) in [6.45, 7) is 4.83. The van der Waals surface area contributed by atoms with E-state index in [2.05, 4.69) is 21.0 Å². The summed E-state index contributed by atoms with van der Waals surface area (Å²) in [6.07, 6.45) is 1.27. The van der Waals surface area contributed by atoms with Crippen LogP contribution in [0, 0.1) is 6.92 Å². The summed E-state index contributed by atoms with van der Waals surface area (Å²) < 4.78 is 25.0. The third kappa shape index (κ3) is 4.63. The molecule has 0 saturated heterocycles. The van der Waals surface area contributed by atoms with E-state index in [4.69, 9.17) is 0 Å². The first-order valence-electron chi connectivity index (χ1n) is 5.32. The molecule has 0 spiro atoms. The molecule has 0 saturated carbocycles. The van der Waals surface area contributed by atoms with Gasteiger partial charge >= 0.3 is 0 Å². The molecule has 7 heteroatoms. The van der Waals surface area contributed by atoms with Crippen LogP contribution >= 0.6 is 27.7 Å². The van der Waals surface area contributed by atoms with Crippen molar-refractivity contribution in [2.45, 2.75) is 26.1 Å². The molecule has 0 unspecified atom stereocenters. The summed E-state index contributed by atoms with van der Waals surface area (Å²) in [4.78, 5) is 0. The van der Waals surface area contributed by atoms with Gasteiger partial charge in [0.25, 0.3) is 0 Å². The highest BCUT2D eigenvalue weighted by atomic mass is 79.9. The Morgan fingerprint density at radius 2 is 2.12 bits per heavy atom. The average Bonchev–Trinajstić information content (AvgIpc) is 2.49. The van der Waals surface area contributed by atoms with Crippen molar-refractivity contribution >= 4 is 37.5 Å². The van der Waals surface area contributed by atoms with Crippen molar-refractivity contribution in [2.24, 2.45) is 0 Å². The standard InChI is InChI=1S/C10H17BrN2O2S2/c1-4-13-9(10(11)8(2)12-13)7-16-5-6-17(3,14)15/h4-7H2,1-3H3. The van der Waals surface area contributed by atoms with E-state index in [0.717, 1.165) is 28.2 Å². The molecule has 0 N–H and O–H groups in total. The van der Waals surface area contributed by atoms with E-state index in [1.165, 1.54) is 6.26 Å². The Kier molecular flexibility index (Phi) is 5.53. The van der Waals surface area contributed by atoms with E-state index in [-0.39, 0.29) is 5.75 Å². The molecule has 98 valence electrons. The Morgan fingerprint density at radius 3 is 2.65 bits per heavy atom. The normalized spacial score (nSPS) is 12.0. The fraction of sp³-hybridized carbons (Fsp3) is 0.700. The second-order valence-corrected chi connectivity index (χ2v) is 8.00. The minimum absolute atomic E-state index is 0.231. The van der Waals surface area contributed by atoms with Gasteiger partial charge < -0.3 is 0 Å². The Hall–Kier alpha value is -0.0100. The minimum atomic E-state index is -2.85. The van der Waals surface area contributed by atoms with E-state index in [1.54, 1.807) is 11.8 Å². The number of hydrogen-bond donors (Lipinski definition) is 0. The Morgan fingerprint density at radius 1 is 1.47 bits per heavy atom. The molecule has 4 nitrogen and oxygen atoms in total. The van der Waals surface area contributed by atoms with Gasteiger partial charge in [-0.1, -0.05) is 0 Å². The van der Waals surface area contributed by atoms with Crippen molar-refractivity contribution in [2.75, 3.05) is 17.8 Å². The monoisotopic (exact) mass is 340 g/mol. The van der Waals surface area contributed by atoms with Crippen LogP contribution in [0.4, 0.5) is 0 Å². The topological polar surface area (TPSA) is 52.0 Å². The fourth-order valence-corrected chi connectivity index (χ4v) is 4.31. The molecule has 0 aliphatic rings. The number of halogens is 1. The van der Waals surface area contributed by atoms with Crippen LogP contribution in [0.3, 0.4) is 0 Å². The lowest BCUT2D eigenvalue weighted by atomic mass is 10.4. The Bertz CT molecular complexity index is 483. The van der Waals surface area contributed by atoms with Gasteiger partial charge in [-0.25, -0.2) is 8.42 Å². The van der Waals surface area contributed by atoms with Gasteiger partial charge in [-0.2, -0.15) is 16.9 Å². The van der Waals surface area contributed by atoms with Crippen LogP contribution in [0.5, 0.6) is 0 Å². The number of rotatable bonds is 6. The summed E-state index contributed by atoms with van der Waals surface area (Å²) in [5.41, 5.74) is 2.11. The maximum absolute atomic E-state index is 11.0. The van der Waals surface area contributed by atoms with Crippen molar-refractivity contribution in [3.05, 3.63) is 15.9 Å². The SMILES string of the molecule is CCn1nc(C)c(Br)c1CSCCS(C)(=O)=O. The molecule has 0 radical (unpaired) electrons. The van der Waals surface area contributed by atoms with Crippen LogP contribution in [0.2, 0.25) is 0 Å². The number of aromatic nitrogens is 2. The van der Waals surface area contributed by atoms with Crippen molar-refractivity contribution in [3.63, 3.8) is 0 Å². The van der Waals surface area contributed by atoms with E-state index < -0.39 is 9.84 Å². The Labute approximate surface area is 115 Å². The lowest BCUT2D eigenvalue weighted by Gasteiger charge is -2.05. The second kappa shape index (κ2) is 6.24. The van der Waals surface area contributed by atoms with E-state index in [0.29, 0.717) is 5.75 Å². The third-order valence-electron chi connectivity index (χ3n) is 2.29. The van der Waals surface area contributed by atoms with Crippen molar-refractivity contribution in [3.8, 4) is 0 Å². The highest BCUT2D eigenvalue weighted by Gasteiger charge is 2.12. The lowest BCUT2D eigenvalue weighted by molar-refractivity contribution is 0.603. The smallest absolute Gasteiger partial charge is 0.148 e. The predicted molar refractivity (Wildman–Crippen MR) is 76.2 cm³/mol. The largest absolute Gasteiger partial charge is 0.268 e. The average molecular weight is 341 g/mol. The van der Waals surface area contributed by atoms with Crippen LogP contribution in [-0.4, -0.2) is 36.0 Å². The highest BCUT2D eigenvalue weighted by Crippen LogP contribution is 2.25. The van der Waals surface area contributed by atoms with Crippen LogP contribution in [0.1, 0.15) is 18.3 Å². The molecule has 1 aromatic heterocycles. The van der Waals surface area contributed by atoms with Crippen LogP contribution < -0.4 is 0 Å². The Balaban J connectivity index is 2.57. The number of hydrogen-bond acceptors (Lipinski definition) is 4. The zero-order chi connectivity index (χ0) is 13.1. The summed E-state index contributed by atoms with van der Waals surface area (Å²) in [6, 6.07) is 0. The maximum atomic E-state index is 11.0. The predicted octanol–water partition coefficient (Wildman–Crippen LogP) is 2.25. The molecular formula is C10H17BrN2O2S2. The van der Waals surface area contributed by atoms with Gasteiger partial charge in [0, 0.05) is 24.3 Å². The molecule has 0 aliphatic heterocycles. The number of sulfone groups is 1. The van der Waals surface area contributed by atoms with Gasteiger partial charge in [-0.15, -0.1) is 0 Å². The molecule has 0 amide bonds. The van der Waals surface area contributed by atoms with Crippen molar-refractivity contribution in [1.82, 2.24) is 9.78 Å². The number of aryl methyl sites for hydroxylation is 2. The van der Waals surface area contributed by atoms with Crippen LogP contribution in [0.15, 0.2) is 4.47 Å². The van der Waals surface area contributed by atoms with Crippen LogP contribution in [-0.2, 0) is 22.1 Å². The van der Waals surface area contributed by atoms with Gasteiger partial charge in [-0.05, 0) is 29.8 Å². The second-order valence-electron chi connectivity index (χ2n) is 3.84. The first-order valence-corrected chi connectivity index (χ1v) is 9.33. The highest BCUT2D eigenvalue weighted by molar-refractivity contribution is 9.10. The van der Waals surface area contributed by atoms with E-state index in [1.807, 2.05) is 18.5 Å². The maximum Gasteiger partial charge on any atom is 0.148 e. The molecule has 1 heterocycles. The first-order chi connectivity index (χ1) is 7.85. The van der Waals surface area contributed by atoms with Crippen molar-refractivity contribution in [1.29, 1.82) is 0 Å². The molecule has 0 aromatic carbocycles. The molecule has 0 atom stereocenters. The zero-order valence-electron chi connectivity index (χ0n) is 10.2. The van der Waals surface area contributed by atoms with E-state index in [9.17, 15) is 8.42 Å². The minimum Gasteiger partial charge on any atom is -0.268 e. The number of thioether (sulfide) groups is 1. The molecule has 1 rings (SSSR count). The molecular weight excluding hydrogens is 324 g/mol. The molecule has 0 fully saturated rings. The van der Waals surface area contributed by atoms with Gasteiger partial charge in [0.2, 0.25) is 0 Å². The molecule has 0 bridgehead atoms. The quantitative estimate of drug-likeness (QED) is 0.745. The summed E-state index contributed by atoms with van der Waals surface area (Å²) in [5.74, 6) is 1.64. The van der Waals surface area contributed by atoms with Gasteiger partial charge in [-0.3, -0.25) is 4.68 Å². The molecule has 17 heavy (non-hydrogen) atoms. The lowest BCUT2D eigenvalue weighted by Crippen LogP contribution is -2.06. The van der Waals surface area contributed by atoms with Gasteiger partial charge in [0.05, 0.1) is 21.6 Å². The summed E-state index contributed by atoms with van der Waals surface area (Å²) in [5, 5.41) is 4.39. The van der Waals surface area contributed by atoms with E-state index >= 15 is 0 Å². The number of nitrogens with zero attached hydrogens (tertiary/aromatic N) is 2. The fourth-order valence-electron chi connectivity index (χ4n) is 1.39. The first kappa shape index (κ1) is 15.0. The molecule has 1 aromatic rings. The zero-order valence-corrected chi connectivity index (χ0v) is 13.5. The van der Waals surface area contributed by atoms with Crippen LogP contribution in [0.25, 0.3) is 0 Å². The van der Waals surface area contributed by atoms with Crippen molar-refractivity contribution < 1.29 is 8.42 Å². The summed E-state index contributed by atoms with van der Waals surface area (Å²) in [7, 11) is -2.85. The molecule has 0 aliphatic carbocycles. The van der Waals surface area contributed by atoms with Gasteiger partial charge in [0.15, 0.2) is 0 Å². The van der Waals surface area contributed by atoms with Gasteiger partial charge in [0.1, 0.15) is 9.84 Å². The summed E-state index contributed by atoms with van der Waals surface area (Å²) >= 11 is 5.14.